The molecule has 96 valence electrons. The number of hydrogen-bond acceptors (Lipinski definition) is 3. The number of carboxylic acid groups (broad SMARTS) is 1. The maximum Gasteiger partial charge on any atom is 0.326 e. The number of nitrogens with two attached hydrogens (primary N) is 1. The van der Waals surface area contributed by atoms with Crippen molar-refractivity contribution in [3.05, 3.63) is 11.6 Å². The van der Waals surface area contributed by atoms with Crippen molar-refractivity contribution in [2.45, 2.75) is 39.2 Å². The Morgan fingerprint density at radius 3 is 2.41 bits per heavy atom. The van der Waals surface area contributed by atoms with Gasteiger partial charge in [-0.25, -0.2) is 4.79 Å². The highest BCUT2D eigenvalue weighted by Gasteiger charge is 2.20. The average Bonchev–Trinajstić information content (AvgIpc) is 2.23. The predicted molar refractivity (Wildman–Crippen MR) is 62.0 cm³/mol. The van der Waals surface area contributed by atoms with Gasteiger partial charge in [0, 0.05) is 12.0 Å². The van der Waals surface area contributed by atoms with E-state index in [9.17, 15) is 14.4 Å². The second kappa shape index (κ2) is 7.43. The van der Waals surface area contributed by atoms with Crippen LogP contribution in [-0.2, 0) is 14.4 Å². The van der Waals surface area contributed by atoms with Gasteiger partial charge in [0.2, 0.25) is 11.8 Å². The van der Waals surface area contributed by atoms with E-state index in [1.807, 2.05) is 6.92 Å². The number of primary amides is 1. The molecule has 0 aromatic rings. The van der Waals surface area contributed by atoms with Crippen molar-refractivity contribution in [3.8, 4) is 0 Å². The number of allylic oxidation sites excluding steroid dienone is 1. The average molecular weight is 242 g/mol. The minimum absolute atomic E-state index is 0.00416. The molecule has 6 heteroatoms. The Kier molecular flexibility index (Phi) is 6.62. The first kappa shape index (κ1) is 15.2. The molecule has 17 heavy (non-hydrogen) atoms. The summed E-state index contributed by atoms with van der Waals surface area (Å²) in [5.74, 6) is -2.21. The number of carbonyl (C=O) groups excluding carboxylic acids is 2. The fraction of sp³-hybridized carbons (Fsp3) is 0.545. The molecule has 0 saturated heterocycles. The van der Waals surface area contributed by atoms with E-state index in [4.69, 9.17) is 10.8 Å². The maximum atomic E-state index is 11.5. The number of amides is 2. The molecule has 6 nitrogen and oxygen atoms in total. The van der Waals surface area contributed by atoms with Gasteiger partial charge in [-0.05, 0) is 19.8 Å². The standard InChI is InChI=1S/C11H18N2O4/c1-3-4-7(2)10(15)13-8(11(16)17)5-6-9(12)14/h4,8H,3,5-6H2,1-2H3,(H2,12,14)(H,13,15)(H,16,17)/b7-4+. The molecule has 0 aliphatic rings. The Hall–Kier alpha value is -1.85. The lowest BCUT2D eigenvalue weighted by atomic mass is 10.1. The lowest BCUT2D eigenvalue weighted by molar-refractivity contribution is -0.141. The molecule has 0 bridgehead atoms. The van der Waals surface area contributed by atoms with Crippen molar-refractivity contribution in [2.75, 3.05) is 0 Å². The molecule has 0 aromatic carbocycles. The lowest BCUT2D eigenvalue weighted by Gasteiger charge is -2.13. The summed E-state index contributed by atoms with van der Waals surface area (Å²) in [6.45, 7) is 3.48. The van der Waals surface area contributed by atoms with Crippen LogP contribution < -0.4 is 11.1 Å². The van der Waals surface area contributed by atoms with Crippen LogP contribution in [0.3, 0.4) is 0 Å². The molecule has 0 rings (SSSR count). The van der Waals surface area contributed by atoms with Gasteiger partial charge in [-0.2, -0.15) is 0 Å². The Bertz CT molecular complexity index is 336. The van der Waals surface area contributed by atoms with Crippen molar-refractivity contribution >= 4 is 17.8 Å². The highest BCUT2D eigenvalue weighted by atomic mass is 16.4. The zero-order chi connectivity index (χ0) is 13.4. The molecule has 4 N–H and O–H groups in total. The van der Waals surface area contributed by atoms with E-state index in [2.05, 4.69) is 5.32 Å². The zero-order valence-corrected chi connectivity index (χ0v) is 10.0. The molecular formula is C11H18N2O4. The van der Waals surface area contributed by atoms with E-state index in [1.165, 1.54) is 0 Å². The topological polar surface area (TPSA) is 109 Å². The fourth-order valence-electron chi connectivity index (χ4n) is 1.21. The molecule has 0 heterocycles. The molecule has 0 aromatic heterocycles. The number of carboxylic acids is 1. The number of rotatable bonds is 7. The molecular weight excluding hydrogens is 224 g/mol. The van der Waals surface area contributed by atoms with Crippen LogP contribution in [0.4, 0.5) is 0 Å². The number of nitrogens with one attached hydrogen (secondary N) is 1. The summed E-state index contributed by atoms with van der Waals surface area (Å²) in [7, 11) is 0. The third-order valence-electron chi connectivity index (χ3n) is 2.15. The summed E-state index contributed by atoms with van der Waals surface area (Å²) in [4.78, 5) is 32.9. The summed E-state index contributed by atoms with van der Waals surface area (Å²) < 4.78 is 0. The van der Waals surface area contributed by atoms with Gasteiger partial charge in [-0.1, -0.05) is 13.0 Å². The molecule has 0 saturated carbocycles. The summed E-state index contributed by atoms with van der Waals surface area (Å²) in [6.07, 6.45) is 2.31. The van der Waals surface area contributed by atoms with Gasteiger partial charge in [0.15, 0.2) is 0 Å². The van der Waals surface area contributed by atoms with E-state index in [0.29, 0.717) is 12.0 Å². The summed E-state index contributed by atoms with van der Waals surface area (Å²) in [5.41, 5.74) is 5.38. The van der Waals surface area contributed by atoms with E-state index in [-0.39, 0.29) is 12.8 Å². The predicted octanol–water partition coefficient (Wildman–Crippen LogP) is 0.178. The van der Waals surface area contributed by atoms with Crippen LogP contribution in [-0.4, -0.2) is 28.9 Å². The van der Waals surface area contributed by atoms with Crippen LogP contribution in [0.1, 0.15) is 33.1 Å². The summed E-state index contributed by atoms with van der Waals surface area (Å²) in [6, 6.07) is -1.09. The first-order valence-corrected chi connectivity index (χ1v) is 5.37. The third-order valence-corrected chi connectivity index (χ3v) is 2.15. The molecule has 0 fully saturated rings. The second-order valence-electron chi connectivity index (χ2n) is 3.66. The van der Waals surface area contributed by atoms with E-state index in [0.717, 1.165) is 0 Å². The van der Waals surface area contributed by atoms with Crippen LogP contribution >= 0.6 is 0 Å². The molecule has 0 aliphatic heterocycles. The summed E-state index contributed by atoms with van der Waals surface area (Å²) in [5, 5.41) is 11.2. The normalized spacial score (nSPS) is 12.9. The van der Waals surface area contributed by atoms with Gasteiger partial charge >= 0.3 is 5.97 Å². The highest BCUT2D eigenvalue weighted by Crippen LogP contribution is 2.01. The van der Waals surface area contributed by atoms with Crippen LogP contribution in [0.25, 0.3) is 0 Å². The maximum absolute atomic E-state index is 11.5. The molecule has 0 aliphatic carbocycles. The molecule has 1 atom stereocenters. The Balaban J connectivity index is 4.45. The fourth-order valence-corrected chi connectivity index (χ4v) is 1.21. The first-order chi connectivity index (χ1) is 7.88. The molecule has 0 spiro atoms. The van der Waals surface area contributed by atoms with Crippen LogP contribution in [0.2, 0.25) is 0 Å². The Morgan fingerprint density at radius 2 is 2.00 bits per heavy atom. The van der Waals surface area contributed by atoms with Gasteiger partial charge in [0.1, 0.15) is 6.04 Å². The van der Waals surface area contributed by atoms with Crippen LogP contribution in [0, 0.1) is 0 Å². The highest BCUT2D eigenvalue weighted by molar-refractivity contribution is 5.95. The van der Waals surface area contributed by atoms with Gasteiger partial charge in [0.25, 0.3) is 0 Å². The first-order valence-electron chi connectivity index (χ1n) is 5.37. The van der Waals surface area contributed by atoms with Crippen LogP contribution in [0.5, 0.6) is 0 Å². The Labute approximate surface area is 99.9 Å². The van der Waals surface area contributed by atoms with Crippen molar-refractivity contribution in [3.63, 3.8) is 0 Å². The monoisotopic (exact) mass is 242 g/mol. The van der Waals surface area contributed by atoms with Gasteiger partial charge in [-0.15, -0.1) is 0 Å². The number of aliphatic carboxylic acids is 1. The van der Waals surface area contributed by atoms with Gasteiger partial charge < -0.3 is 16.2 Å². The van der Waals surface area contributed by atoms with Crippen molar-refractivity contribution in [2.24, 2.45) is 5.73 Å². The third kappa shape index (κ3) is 6.34. The minimum Gasteiger partial charge on any atom is -0.480 e. The molecule has 0 radical (unpaired) electrons. The van der Waals surface area contributed by atoms with Crippen molar-refractivity contribution in [1.29, 1.82) is 0 Å². The van der Waals surface area contributed by atoms with Crippen molar-refractivity contribution < 1.29 is 19.5 Å². The van der Waals surface area contributed by atoms with E-state index >= 15 is 0 Å². The molecule has 2 amide bonds. The smallest absolute Gasteiger partial charge is 0.326 e. The van der Waals surface area contributed by atoms with Crippen LogP contribution in [0.15, 0.2) is 11.6 Å². The number of hydrogen-bond donors (Lipinski definition) is 3. The number of carbonyl (C=O) groups is 3. The zero-order valence-electron chi connectivity index (χ0n) is 10.0. The van der Waals surface area contributed by atoms with Crippen molar-refractivity contribution in [1.82, 2.24) is 5.32 Å². The SMILES string of the molecule is CC/C=C(\C)C(=O)NC(CCC(N)=O)C(=O)O. The largest absolute Gasteiger partial charge is 0.480 e. The Morgan fingerprint density at radius 1 is 1.41 bits per heavy atom. The van der Waals surface area contributed by atoms with Gasteiger partial charge in [-0.3, -0.25) is 9.59 Å². The van der Waals surface area contributed by atoms with E-state index in [1.54, 1.807) is 13.0 Å². The second-order valence-corrected chi connectivity index (χ2v) is 3.66. The lowest BCUT2D eigenvalue weighted by Crippen LogP contribution is -2.41. The molecule has 1 unspecified atom stereocenters. The minimum atomic E-state index is -1.18. The quantitative estimate of drug-likeness (QED) is 0.553. The summed E-state index contributed by atoms with van der Waals surface area (Å²) >= 11 is 0. The van der Waals surface area contributed by atoms with Gasteiger partial charge in [0.05, 0.1) is 0 Å². The van der Waals surface area contributed by atoms with E-state index < -0.39 is 23.8 Å².